The number of nitrogens with zero attached hydrogens (tertiary/aromatic N) is 1. The minimum absolute atomic E-state index is 0.191. The highest BCUT2D eigenvalue weighted by Gasteiger charge is 2.29. The van der Waals surface area contributed by atoms with Crippen molar-refractivity contribution in [3.8, 4) is 0 Å². The lowest BCUT2D eigenvalue weighted by molar-refractivity contribution is -0.116. The average Bonchev–Trinajstić information content (AvgIpc) is 2.53. The maximum Gasteiger partial charge on any atom is 0.248 e. The predicted molar refractivity (Wildman–Crippen MR) is 108 cm³/mol. The van der Waals surface area contributed by atoms with E-state index in [1.807, 2.05) is 6.92 Å². The molecule has 2 aromatic carbocycles. The zero-order chi connectivity index (χ0) is 19.6. The first-order valence-electron chi connectivity index (χ1n) is 7.52. The second-order valence-electron chi connectivity index (χ2n) is 5.78. The van der Waals surface area contributed by atoms with E-state index < -0.39 is 22.0 Å². The molecule has 0 bridgehead atoms. The van der Waals surface area contributed by atoms with Crippen LogP contribution in [0.15, 0.2) is 36.4 Å². The van der Waals surface area contributed by atoms with Gasteiger partial charge >= 0.3 is 0 Å². The highest BCUT2D eigenvalue weighted by Crippen LogP contribution is 2.30. The van der Waals surface area contributed by atoms with Crippen LogP contribution in [0.1, 0.15) is 12.5 Å². The second-order valence-corrected chi connectivity index (χ2v) is 8.89. The molecule has 0 aromatic heterocycles. The Balaban J connectivity index is 2.37. The molecule has 0 heterocycles. The van der Waals surface area contributed by atoms with Gasteiger partial charge in [-0.1, -0.05) is 40.9 Å². The summed E-state index contributed by atoms with van der Waals surface area (Å²) in [5.41, 5.74) is 1.56. The van der Waals surface area contributed by atoms with Crippen molar-refractivity contribution in [3.63, 3.8) is 0 Å². The van der Waals surface area contributed by atoms with Crippen LogP contribution < -0.4 is 9.62 Å². The summed E-state index contributed by atoms with van der Waals surface area (Å²) in [6.45, 7) is 3.29. The SMILES string of the molecule is Cc1ccc(Cl)cc1NC(=O)[C@H](C)N(c1ccc(Cl)c(Cl)c1)S(C)(=O)=O. The Bertz CT molecular complexity index is 948. The van der Waals surface area contributed by atoms with Crippen molar-refractivity contribution in [2.24, 2.45) is 0 Å². The van der Waals surface area contributed by atoms with Crippen LogP contribution in [-0.4, -0.2) is 26.6 Å². The van der Waals surface area contributed by atoms with Gasteiger partial charge in [0, 0.05) is 10.7 Å². The Kier molecular flexibility index (Phi) is 6.45. The first-order chi connectivity index (χ1) is 12.0. The minimum Gasteiger partial charge on any atom is -0.324 e. The molecule has 0 radical (unpaired) electrons. The quantitative estimate of drug-likeness (QED) is 0.737. The first kappa shape index (κ1) is 20.8. The normalized spacial score (nSPS) is 12.5. The van der Waals surface area contributed by atoms with Crippen LogP contribution in [0.2, 0.25) is 15.1 Å². The smallest absolute Gasteiger partial charge is 0.248 e. The Hall–Kier alpha value is -1.47. The monoisotopic (exact) mass is 434 g/mol. The third-order valence-corrected chi connectivity index (χ3v) is 5.92. The number of carbonyl (C=O) groups is 1. The summed E-state index contributed by atoms with van der Waals surface area (Å²) in [6, 6.07) is 8.41. The number of carbonyl (C=O) groups excluding carboxylic acids is 1. The van der Waals surface area contributed by atoms with E-state index in [2.05, 4.69) is 5.32 Å². The first-order valence-corrected chi connectivity index (χ1v) is 10.5. The van der Waals surface area contributed by atoms with Crippen LogP contribution in [0.5, 0.6) is 0 Å². The van der Waals surface area contributed by atoms with Gasteiger partial charge in [0.2, 0.25) is 15.9 Å². The summed E-state index contributed by atoms with van der Waals surface area (Å²) in [4.78, 5) is 12.7. The van der Waals surface area contributed by atoms with E-state index in [4.69, 9.17) is 34.8 Å². The minimum atomic E-state index is -3.76. The number of sulfonamides is 1. The van der Waals surface area contributed by atoms with Crippen molar-refractivity contribution in [1.29, 1.82) is 0 Å². The van der Waals surface area contributed by atoms with Gasteiger partial charge in [-0.15, -0.1) is 0 Å². The van der Waals surface area contributed by atoms with Crippen LogP contribution in [0, 0.1) is 6.92 Å². The summed E-state index contributed by atoms with van der Waals surface area (Å²) in [7, 11) is -3.76. The van der Waals surface area contributed by atoms with Crippen LogP contribution >= 0.6 is 34.8 Å². The molecule has 0 unspecified atom stereocenters. The van der Waals surface area contributed by atoms with E-state index in [1.54, 1.807) is 18.2 Å². The maximum atomic E-state index is 12.7. The van der Waals surface area contributed by atoms with E-state index >= 15 is 0 Å². The molecular weight excluding hydrogens is 419 g/mol. The number of amides is 1. The Morgan fingerprint density at radius 3 is 2.31 bits per heavy atom. The molecule has 1 N–H and O–H groups in total. The Labute approximate surface area is 167 Å². The van der Waals surface area contributed by atoms with Crippen LogP contribution in [0.25, 0.3) is 0 Å². The number of nitrogens with one attached hydrogen (secondary N) is 1. The summed E-state index contributed by atoms with van der Waals surface area (Å²) < 4.78 is 25.6. The molecule has 1 amide bonds. The summed E-state index contributed by atoms with van der Waals surface area (Å²) >= 11 is 17.8. The molecule has 0 fully saturated rings. The number of rotatable bonds is 5. The molecule has 9 heteroatoms. The molecule has 2 rings (SSSR count). The van der Waals surface area contributed by atoms with Gasteiger partial charge in [-0.25, -0.2) is 8.42 Å². The fourth-order valence-electron chi connectivity index (χ4n) is 2.40. The fraction of sp³-hybridized carbons (Fsp3) is 0.235. The third-order valence-electron chi connectivity index (χ3n) is 3.70. The van der Waals surface area contributed by atoms with Gasteiger partial charge < -0.3 is 5.32 Å². The number of hydrogen-bond donors (Lipinski definition) is 1. The van der Waals surface area contributed by atoms with Crippen molar-refractivity contribution in [3.05, 3.63) is 57.0 Å². The lowest BCUT2D eigenvalue weighted by Crippen LogP contribution is -2.45. The van der Waals surface area contributed by atoms with Gasteiger partial charge in [-0.3, -0.25) is 9.10 Å². The fourth-order valence-corrected chi connectivity index (χ4v) is 4.03. The standard InChI is InChI=1S/C17H17Cl3N2O3S/c1-10-4-5-12(18)8-16(10)21-17(23)11(2)22(26(3,24)25)13-6-7-14(19)15(20)9-13/h4-9,11H,1-3H3,(H,21,23)/t11-/m0/s1. The molecule has 0 aliphatic carbocycles. The van der Waals surface area contributed by atoms with Gasteiger partial charge in [0.25, 0.3) is 0 Å². The maximum absolute atomic E-state index is 12.7. The van der Waals surface area contributed by atoms with Gasteiger partial charge in [0.05, 0.1) is 22.0 Å². The van der Waals surface area contributed by atoms with E-state index in [0.717, 1.165) is 16.1 Å². The predicted octanol–water partition coefficient (Wildman–Crippen LogP) is 4.75. The molecule has 1 atom stereocenters. The molecule has 0 saturated carbocycles. The van der Waals surface area contributed by atoms with Gasteiger partial charge in [0.15, 0.2) is 0 Å². The molecule has 0 aliphatic rings. The van der Waals surface area contributed by atoms with Gasteiger partial charge in [-0.05, 0) is 49.7 Å². The number of anilines is 2. The highest BCUT2D eigenvalue weighted by atomic mass is 35.5. The summed E-state index contributed by atoms with van der Waals surface area (Å²) in [6.07, 6.45) is 1.02. The largest absolute Gasteiger partial charge is 0.324 e. The Morgan fingerprint density at radius 2 is 1.73 bits per heavy atom. The number of aryl methyl sites for hydroxylation is 1. The molecule has 26 heavy (non-hydrogen) atoms. The number of benzene rings is 2. The number of hydrogen-bond acceptors (Lipinski definition) is 3. The van der Waals surface area contributed by atoms with Gasteiger partial charge in [0.1, 0.15) is 6.04 Å². The lowest BCUT2D eigenvalue weighted by atomic mass is 10.2. The molecule has 140 valence electrons. The van der Waals surface area contributed by atoms with Crippen LogP contribution in [0.3, 0.4) is 0 Å². The van der Waals surface area contributed by atoms with Crippen molar-refractivity contribution in [1.82, 2.24) is 0 Å². The van der Waals surface area contributed by atoms with Crippen molar-refractivity contribution >= 4 is 62.1 Å². The van der Waals surface area contributed by atoms with Crippen LogP contribution in [0.4, 0.5) is 11.4 Å². The topological polar surface area (TPSA) is 66.5 Å². The molecular formula is C17H17Cl3N2O3S. The van der Waals surface area contributed by atoms with E-state index in [-0.39, 0.29) is 15.7 Å². The third kappa shape index (κ3) is 4.82. The lowest BCUT2D eigenvalue weighted by Gasteiger charge is -2.28. The zero-order valence-corrected chi connectivity index (χ0v) is 17.3. The average molecular weight is 436 g/mol. The highest BCUT2D eigenvalue weighted by molar-refractivity contribution is 7.92. The van der Waals surface area contributed by atoms with E-state index in [9.17, 15) is 13.2 Å². The molecule has 0 spiro atoms. The zero-order valence-electron chi connectivity index (χ0n) is 14.3. The van der Waals surface area contributed by atoms with Crippen molar-refractivity contribution in [2.75, 3.05) is 15.9 Å². The Morgan fingerprint density at radius 1 is 1.08 bits per heavy atom. The van der Waals surface area contributed by atoms with Crippen molar-refractivity contribution < 1.29 is 13.2 Å². The second kappa shape index (κ2) is 8.05. The van der Waals surface area contributed by atoms with Crippen LogP contribution in [-0.2, 0) is 14.8 Å². The van der Waals surface area contributed by atoms with Gasteiger partial charge in [-0.2, -0.15) is 0 Å². The summed E-state index contributed by atoms with van der Waals surface area (Å²) in [5.74, 6) is -0.508. The number of halogens is 3. The van der Waals surface area contributed by atoms with Crippen molar-refractivity contribution in [2.45, 2.75) is 19.9 Å². The van der Waals surface area contributed by atoms with E-state index in [0.29, 0.717) is 10.7 Å². The molecule has 0 aliphatic heterocycles. The molecule has 2 aromatic rings. The summed E-state index contributed by atoms with van der Waals surface area (Å²) in [5, 5.41) is 3.65. The van der Waals surface area contributed by atoms with E-state index in [1.165, 1.54) is 25.1 Å². The molecule has 5 nitrogen and oxygen atoms in total. The molecule has 0 saturated heterocycles.